The molecule has 0 aliphatic heterocycles. The smallest absolute Gasteiger partial charge is 0.234 e. The van der Waals surface area contributed by atoms with Gasteiger partial charge < -0.3 is 15.4 Å². The van der Waals surface area contributed by atoms with Crippen molar-refractivity contribution in [3.05, 3.63) is 28.7 Å². The van der Waals surface area contributed by atoms with Crippen molar-refractivity contribution in [1.29, 1.82) is 0 Å². The summed E-state index contributed by atoms with van der Waals surface area (Å²) in [7, 11) is 0. The van der Waals surface area contributed by atoms with Gasteiger partial charge in [0, 0.05) is 16.6 Å². The van der Waals surface area contributed by atoms with Gasteiger partial charge in [-0.05, 0) is 45.0 Å². The van der Waals surface area contributed by atoms with Crippen LogP contribution < -0.4 is 15.4 Å². The van der Waals surface area contributed by atoms with E-state index in [0.717, 1.165) is 10.2 Å². The highest BCUT2D eigenvalue weighted by Crippen LogP contribution is 2.15. The Morgan fingerprint density at radius 3 is 2.47 bits per heavy atom. The Kier molecular flexibility index (Phi) is 6.31. The van der Waals surface area contributed by atoms with Crippen LogP contribution in [-0.2, 0) is 4.79 Å². The minimum atomic E-state index is -0.188. The van der Waals surface area contributed by atoms with Crippen LogP contribution >= 0.6 is 15.9 Å². The molecule has 1 rings (SSSR count). The fraction of sp³-hybridized carbons (Fsp3) is 0.500. The molecule has 0 heterocycles. The second kappa shape index (κ2) is 7.50. The molecule has 0 spiro atoms. The van der Waals surface area contributed by atoms with Gasteiger partial charge in [0.2, 0.25) is 5.91 Å². The van der Waals surface area contributed by atoms with Crippen LogP contribution in [0.4, 0.5) is 0 Å². The van der Waals surface area contributed by atoms with Crippen LogP contribution in [0.3, 0.4) is 0 Å². The molecule has 0 bridgehead atoms. The Bertz CT molecular complexity index is 399. The molecule has 19 heavy (non-hydrogen) atoms. The van der Waals surface area contributed by atoms with E-state index in [1.807, 2.05) is 45.0 Å². The highest BCUT2D eigenvalue weighted by atomic mass is 79.9. The lowest BCUT2D eigenvalue weighted by molar-refractivity contribution is -0.121. The summed E-state index contributed by atoms with van der Waals surface area (Å²) in [6, 6.07) is 7.66. The average molecular weight is 329 g/mol. The van der Waals surface area contributed by atoms with Gasteiger partial charge in [-0.3, -0.25) is 4.79 Å². The van der Waals surface area contributed by atoms with Crippen molar-refractivity contribution >= 4 is 21.8 Å². The zero-order chi connectivity index (χ0) is 14.3. The third-order valence-electron chi connectivity index (χ3n) is 2.16. The van der Waals surface area contributed by atoms with Crippen LogP contribution in [0.1, 0.15) is 20.8 Å². The van der Waals surface area contributed by atoms with Gasteiger partial charge in [0.15, 0.2) is 0 Å². The molecule has 0 unspecified atom stereocenters. The minimum absolute atomic E-state index is 0.00357. The van der Waals surface area contributed by atoms with Crippen LogP contribution in [0.5, 0.6) is 5.75 Å². The number of hydrogen-bond donors (Lipinski definition) is 2. The molecule has 1 aromatic carbocycles. The summed E-state index contributed by atoms with van der Waals surface area (Å²) in [5, 5.41) is 5.93. The summed E-state index contributed by atoms with van der Waals surface area (Å²) in [6.07, 6.45) is 0. The molecule has 0 aromatic heterocycles. The van der Waals surface area contributed by atoms with Gasteiger partial charge in [0.05, 0.1) is 6.54 Å². The molecule has 4 nitrogen and oxygen atoms in total. The van der Waals surface area contributed by atoms with Gasteiger partial charge in [-0.15, -0.1) is 0 Å². The molecule has 0 saturated carbocycles. The Balaban J connectivity index is 2.11. The van der Waals surface area contributed by atoms with Gasteiger partial charge in [0.1, 0.15) is 12.4 Å². The first-order valence-electron chi connectivity index (χ1n) is 6.27. The van der Waals surface area contributed by atoms with Crippen LogP contribution in [-0.4, -0.2) is 31.1 Å². The Morgan fingerprint density at radius 2 is 1.89 bits per heavy atom. The molecule has 0 aliphatic rings. The fourth-order valence-electron chi connectivity index (χ4n) is 1.44. The molecule has 0 radical (unpaired) electrons. The van der Waals surface area contributed by atoms with Gasteiger partial charge in [-0.1, -0.05) is 15.9 Å². The molecular weight excluding hydrogens is 308 g/mol. The molecule has 2 N–H and O–H groups in total. The van der Waals surface area contributed by atoms with Crippen molar-refractivity contribution in [2.75, 3.05) is 19.7 Å². The summed E-state index contributed by atoms with van der Waals surface area (Å²) in [6.45, 7) is 7.35. The Morgan fingerprint density at radius 1 is 1.26 bits per heavy atom. The molecule has 1 aromatic rings. The van der Waals surface area contributed by atoms with Crippen molar-refractivity contribution in [2.24, 2.45) is 0 Å². The van der Waals surface area contributed by atoms with E-state index in [1.54, 1.807) is 0 Å². The normalized spacial score (nSPS) is 11.2. The number of halogens is 1. The number of hydrogen-bond acceptors (Lipinski definition) is 3. The quantitative estimate of drug-likeness (QED) is 0.788. The molecule has 0 aliphatic carbocycles. The monoisotopic (exact) mass is 328 g/mol. The lowest BCUT2D eigenvalue weighted by atomic mass is 10.1. The highest BCUT2D eigenvalue weighted by Gasteiger charge is 2.12. The van der Waals surface area contributed by atoms with Crippen LogP contribution in [0, 0.1) is 0 Å². The summed E-state index contributed by atoms with van der Waals surface area (Å²) < 4.78 is 6.55. The summed E-state index contributed by atoms with van der Waals surface area (Å²) in [5.41, 5.74) is -0.188. The molecule has 1 amide bonds. The lowest BCUT2D eigenvalue weighted by Gasteiger charge is -2.20. The zero-order valence-electron chi connectivity index (χ0n) is 11.6. The van der Waals surface area contributed by atoms with Gasteiger partial charge in [-0.25, -0.2) is 0 Å². The van der Waals surface area contributed by atoms with Crippen molar-refractivity contribution in [1.82, 2.24) is 10.6 Å². The number of nitrogens with one attached hydrogen (secondary N) is 2. The Labute approximate surface area is 123 Å². The second-order valence-electron chi connectivity index (χ2n) is 5.28. The summed E-state index contributed by atoms with van der Waals surface area (Å²) >= 11 is 3.37. The first kappa shape index (κ1) is 16.0. The third kappa shape index (κ3) is 7.85. The van der Waals surface area contributed by atoms with E-state index in [9.17, 15) is 4.79 Å². The van der Waals surface area contributed by atoms with E-state index in [0.29, 0.717) is 19.7 Å². The van der Waals surface area contributed by atoms with Crippen molar-refractivity contribution < 1.29 is 9.53 Å². The van der Waals surface area contributed by atoms with Crippen LogP contribution in [0.25, 0.3) is 0 Å². The van der Waals surface area contributed by atoms with Gasteiger partial charge in [-0.2, -0.15) is 0 Å². The van der Waals surface area contributed by atoms with Crippen molar-refractivity contribution in [3.8, 4) is 5.75 Å². The van der Waals surface area contributed by atoms with Crippen molar-refractivity contribution in [3.63, 3.8) is 0 Å². The lowest BCUT2D eigenvalue weighted by Crippen LogP contribution is -2.45. The zero-order valence-corrected chi connectivity index (χ0v) is 13.2. The summed E-state index contributed by atoms with van der Waals surface area (Å²) in [5.74, 6) is 0.820. The van der Waals surface area contributed by atoms with E-state index in [-0.39, 0.29) is 11.4 Å². The molecule has 0 atom stereocenters. The third-order valence-corrected chi connectivity index (χ3v) is 2.69. The van der Waals surface area contributed by atoms with Crippen LogP contribution in [0.2, 0.25) is 0 Å². The number of ether oxygens (including phenoxy) is 1. The first-order valence-corrected chi connectivity index (χ1v) is 7.06. The van der Waals surface area contributed by atoms with Gasteiger partial charge >= 0.3 is 0 Å². The second-order valence-corrected chi connectivity index (χ2v) is 6.19. The Hall–Kier alpha value is -1.07. The maximum absolute atomic E-state index is 11.5. The molecule has 0 saturated heterocycles. The standard InChI is InChI=1S/C14H21BrN2O2/c1-14(2,3)17-13(18)10-16-8-9-19-12-6-4-11(15)5-7-12/h4-7,16H,8-10H2,1-3H3,(H,17,18). The number of amides is 1. The van der Waals surface area contributed by atoms with Crippen molar-refractivity contribution in [2.45, 2.75) is 26.3 Å². The predicted octanol–water partition coefficient (Wildman–Crippen LogP) is 2.33. The highest BCUT2D eigenvalue weighted by molar-refractivity contribution is 9.10. The largest absolute Gasteiger partial charge is 0.492 e. The predicted molar refractivity (Wildman–Crippen MR) is 80.4 cm³/mol. The number of rotatable bonds is 6. The molecule has 106 valence electrons. The average Bonchev–Trinajstić information content (AvgIpc) is 2.29. The van der Waals surface area contributed by atoms with E-state index < -0.39 is 0 Å². The van der Waals surface area contributed by atoms with E-state index >= 15 is 0 Å². The maximum Gasteiger partial charge on any atom is 0.234 e. The maximum atomic E-state index is 11.5. The number of carbonyl (C=O) groups is 1. The summed E-state index contributed by atoms with van der Waals surface area (Å²) in [4.78, 5) is 11.5. The topological polar surface area (TPSA) is 50.4 Å². The molecular formula is C14H21BrN2O2. The fourth-order valence-corrected chi connectivity index (χ4v) is 1.70. The van der Waals surface area contributed by atoms with E-state index in [1.165, 1.54) is 0 Å². The number of carbonyl (C=O) groups excluding carboxylic acids is 1. The van der Waals surface area contributed by atoms with E-state index in [4.69, 9.17) is 4.74 Å². The molecule has 0 fully saturated rings. The van der Waals surface area contributed by atoms with Gasteiger partial charge in [0.25, 0.3) is 0 Å². The van der Waals surface area contributed by atoms with Crippen LogP contribution in [0.15, 0.2) is 28.7 Å². The molecule has 5 heteroatoms. The number of benzene rings is 1. The first-order chi connectivity index (χ1) is 8.87. The van der Waals surface area contributed by atoms with E-state index in [2.05, 4.69) is 26.6 Å². The minimum Gasteiger partial charge on any atom is -0.492 e. The SMILES string of the molecule is CC(C)(C)NC(=O)CNCCOc1ccc(Br)cc1.